The largest absolute Gasteiger partial charge is 0.455 e. The van der Waals surface area contributed by atoms with Gasteiger partial charge in [0.05, 0.1) is 5.39 Å². The molecule has 0 bridgehead atoms. The molecule has 3 rings (SSSR count). The first-order valence-corrected chi connectivity index (χ1v) is 7.51. The van der Waals surface area contributed by atoms with Crippen LogP contribution in [-0.2, 0) is 0 Å². The fourth-order valence-electron chi connectivity index (χ4n) is 2.04. The van der Waals surface area contributed by atoms with Gasteiger partial charge in [-0.05, 0) is 47.7 Å². The normalized spacial score (nSPS) is 10.9. The van der Waals surface area contributed by atoms with Gasteiger partial charge in [-0.2, -0.15) is 0 Å². The highest BCUT2D eigenvalue weighted by Crippen LogP contribution is 2.28. The van der Waals surface area contributed by atoms with Crippen LogP contribution in [0.25, 0.3) is 22.3 Å². The van der Waals surface area contributed by atoms with E-state index >= 15 is 0 Å². The minimum absolute atomic E-state index is 0.0510. The average molecular weight is 397 g/mol. The van der Waals surface area contributed by atoms with Gasteiger partial charge in [0.1, 0.15) is 9.15 Å². The molecule has 100 valence electrons. The van der Waals surface area contributed by atoms with Crippen molar-refractivity contribution in [1.82, 2.24) is 0 Å². The van der Waals surface area contributed by atoms with Gasteiger partial charge in [0.15, 0.2) is 5.76 Å². The lowest BCUT2D eigenvalue weighted by molar-refractivity contribution is 0.615. The van der Waals surface area contributed by atoms with E-state index < -0.39 is 0 Å². The van der Waals surface area contributed by atoms with Crippen molar-refractivity contribution < 1.29 is 4.42 Å². The van der Waals surface area contributed by atoms with Crippen LogP contribution in [0.1, 0.15) is 5.56 Å². The average Bonchev–Trinajstić information content (AvgIpc) is 2.44. The molecule has 20 heavy (non-hydrogen) atoms. The summed E-state index contributed by atoms with van der Waals surface area (Å²) in [5.41, 5.74) is 2.56. The minimum atomic E-state index is -0.0510. The third-order valence-corrected chi connectivity index (χ3v) is 4.33. The number of benzene rings is 2. The lowest BCUT2D eigenvalue weighted by Gasteiger charge is -2.06. The third-order valence-electron chi connectivity index (χ3n) is 3.11. The molecule has 3 aromatic rings. The third kappa shape index (κ3) is 2.36. The topological polar surface area (TPSA) is 30.2 Å². The summed E-state index contributed by atoms with van der Waals surface area (Å²) in [5, 5.41) is 1.04. The fourth-order valence-corrected chi connectivity index (χ4v) is 2.92. The van der Waals surface area contributed by atoms with Crippen LogP contribution in [-0.4, -0.2) is 0 Å². The van der Waals surface area contributed by atoms with Gasteiger partial charge in [-0.1, -0.05) is 41.4 Å². The van der Waals surface area contributed by atoms with Gasteiger partial charge >= 0.3 is 0 Å². The van der Waals surface area contributed by atoms with Crippen LogP contribution in [0, 0.1) is 10.5 Å². The summed E-state index contributed by atoms with van der Waals surface area (Å²) in [5.74, 6) is 0.602. The van der Waals surface area contributed by atoms with Crippen molar-refractivity contribution in [2.75, 3.05) is 0 Å². The van der Waals surface area contributed by atoms with E-state index in [2.05, 4.69) is 0 Å². The van der Waals surface area contributed by atoms with Crippen LogP contribution < -0.4 is 5.43 Å². The Morgan fingerprint density at radius 3 is 2.50 bits per heavy atom. The van der Waals surface area contributed by atoms with E-state index in [0.29, 0.717) is 25.3 Å². The Kier molecular flexibility index (Phi) is 3.56. The summed E-state index contributed by atoms with van der Waals surface area (Å²) in [6, 6.07) is 13.0. The SMILES string of the molecule is Cc1ccc(-c2oc3ccc(Cl)cc3c(=O)c2I)cc1. The van der Waals surface area contributed by atoms with Crippen LogP contribution in [0.3, 0.4) is 0 Å². The highest BCUT2D eigenvalue weighted by molar-refractivity contribution is 14.1. The quantitative estimate of drug-likeness (QED) is 0.540. The molecule has 0 aliphatic carbocycles. The smallest absolute Gasteiger partial charge is 0.206 e. The lowest BCUT2D eigenvalue weighted by Crippen LogP contribution is -2.07. The molecule has 0 spiro atoms. The van der Waals surface area contributed by atoms with Gasteiger partial charge in [-0.25, -0.2) is 0 Å². The standard InChI is InChI=1S/C16H10ClIO2/c1-9-2-4-10(5-3-9)16-14(18)15(19)12-8-11(17)6-7-13(12)20-16/h2-8H,1H3. The minimum Gasteiger partial charge on any atom is -0.455 e. The molecule has 0 atom stereocenters. The Balaban J connectivity index is 2.32. The molecule has 0 N–H and O–H groups in total. The number of fused-ring (bicyclic) bond motifs is 1. The van der Waals surface area contributed by atoms with E-state index in [1.165, 1.54) is 5.56 Å². The first kappa shape index (κ1) is 13.6. The predicted octanol–water partition coefficient (Wildman–Crippen LogP) is 5.03. The Hall–Kier alpha value is -1.33. The highest BCUT2D eigenvalue weighted by atomic mass is 127. The molecule has 0 radical (unpaired) electrons. The maximum atomic E-state index is 12.4. The number of hydrogen-bond acceptors (Lipinski definition) is 2. The van der Waals surface area contributed by atoms with Crippen LogP contribution >= 0.6 is 34.2 Å². The Labute approximate surface area is 134 Å². The predicted molar refractivity (Wildman–Crippen MR) is 90.4 cm³/mol. The summed E-state index contributed by atoms with van der Waals surface area (Å²) in [7, 11) is 0. The van der Waals surface area contributed by atoms with Gasteiger partial charge in [0.2, 0.25) is 5.43 Å². The zero-order chi connectivity index (χ0) is 14.3. The van der Waals surface area contributed by atoms with Crippen LogP contribution in [0.4, 0.5) is 0 Å². The van der Waals surface area contributed by atoms with Crippen molar-refractivity contribution in [2.45, 2.75) is 6.92 Å². The van der Waals surface area contributed by atoms with Gasteiger partial charge in [-0.15, -0.1) is 0 Å². The summed E-state index contributed by atoms with van der Waals surface area (Å²) in [4.78, 5) is 12.4. The van der Waals surface area contributed by atoms with E-state index in [1.54, 1.807) is 18.2 Å². The molecule has 1 aromatic heterocycles. The number of hydrogen-bond donors (Lipinski definition) is 0. The molecule has 0 aliphatic heterocycles. The maximum absolute atomic E-state index is 12.4. The first-order chi connectivity index (χ1) is 9.56. The van der Waals surface area contributed by atoms with E-state index in [-0.39, 0.29) is 5.43 Å². The monoisotopic (exact) mass is 396 g/mol. The zero-order valence-electron chi connectivity index (χ0n) is 10.6. The van der Waals surface area contributed by atoms with Crippen molar-refractivity contribution in [1.29, 1.82) is 0 Å². The van der Waals surface area contributed by atoms with E-state index in [9.17, 15) is 4.79 Å². The molecule has 0 amide bonds. The molecular weight excluding hydrogens is 387 g/mol. The van der Waals surface area contributed by atoms with Crippen LogP contribution in [0.5, 0.6) is 0 Å². The van der Waals surface area contributed by atoms with E-state index in [0.717, 1.165) is 5.56 Å². The Morgan fingerprint density at radius 2 is 1.80 bits per heavy atom. The molecule has 4 heteroatoms. The zero-order valence-corrected chi connectivity index (χ0v) is 13.5. The maximum Gasteiger partial charge on any atom is 0.206 e. The summed E-state index contributed by atoms with van der Waals surface area (Å²) >= 11 is 7.96. The summed E-state index contributed by atoms with van der Waals surface area (Å²) < 4.78 is 6.46. The summed E-state index contributed by atoms with van der Waals surface area (Å²) in [6.45, 7) is 2.02. The molecule has 0 unspecified atom stereocenters. The van der Waals surface area contributed by atoms with Gasteiger partial charge in [0, 0.05) is 10.6 Å². The number of halogens is 2. The molecule has 0 aliphatic rings. The van der Waals surface area contributed by atoms with Crippen molar-refractivity contribution in [2.24, 2.45) is 0 Å². The molecule has 0 saturated heterocycles. The second-order valence-corrected chi connectivity index (χ2v) is 6.10. The molecule has 1 heterocycles. The van der Waals surface area contributed by atoms with Crippen LogP contribution in [0.2, 0.25) is 5.02 Å². The second-order valence-electron chi connectivity index (χ2n) is 4.58. The van der Waals surface area contributed by atoms with Crippen molar-refractivity contribution in [3.05, 3.63) is 66.8 Å². The molecular formula is C16H10ClIO2. The molecule has 0 saturated carbocycles. The van der Waals surface area contributed by atoms with Gasteiger partial charge in [0.25, 0.3) is 0 Å². The van der Waals surface area contributed by atoms with Crippen molar-refractivity contribution >= 4 is 45.2 Å². The highest BCUT2D eigenvalue weighted by Gasteiger charge is 2.14. The second kappa shape index (κ2) is 5.22. The molecule has 2 nitrogen and oxygen atoms in total. The van der Waals surface area contributed by atoms with Crippen LogP contribution in [0.15, 0.2) is 51.7 Å². The fraction of sp³-hybridized carbons (Fsp3) is 0.0625. The number of rotatable bonds is 1. The Bertz CT molecular complexity index is 851. The Morgan fingerprint density at radius 1 is 1.10 bits per heavy atom. The van der Waals surface area contributed by atoms with Crippen molar-refractivity contribution in [3.8, 4) is 11.3 Å². The lowest BCUT2D eigenvalue weighted by atomic mass is 10.1. The molecule has 0 fully saturated rings. The van der Waals surface area contributed by atoms with Gasteiger partial charge < -0.3 is 4.42 Å². The van der Waals surface area contributed by atoms with Gasteiger partial charge in [-0.3, -0.25) is 4.79 Å². The van der Waals surface area contributed by atoms with Crippen molar-refractivity contribution in [3.63, 3.8) is 0 Å². The number of aryl methyl sites for hydroxylation is 1. The van der Waals surface area contributed by atoms with E-state index in [1.807, 2.05) is 53.8 Å². The summed E-state index contributed by atoms with van der Waals surface area (Å²) in [6.07, 6.45) is 0. The molecule has 2 aromatic carbocycles. The first-order valence-electron chi connectivity index (χ1n) is 6.05. The van der Waals surface area contributed by atoms with E-state index in [4.69, 9.17) is 16.0 Å².